The predicted molar refractivity (Wildman–Crippen MR) is 100 cm³/mol. The molecule has 4 nitrogen and oxygen atoms in total. The van der Waals surface area contributed by atoms with Crippen molar-refractivity contribution >= 4 is 22.9 Å². The first-order valence-electron chi connectivity index (χ1n) is 8.18. The fourth-order valence-corrected chi connectivity index (χ4v) is 4.38. The molecule has 0 fully saturated rings. The Balaban J connectivity index is 1.78. The second-order valence-electron chi connectivity index (χ2n) is 6.41. The van der Waals surface area contributed by atoms with E-state index in [1.807, 2.05) is 31.3 Å². The van der Waals surface area contributed by atoms with Crippen LogP contribution >= 0.6 is 11.3 Å². The number of nitrogens with one attached hydrogen (secondary N) is 1. The summed E-state index contributed by atoms with van der Waals surface area (Å²) in [7, 11) is 0. The van der Waals surface area contributed by atoms with E-state index in [2.05, 4.69) is 29.4 Å². The molecule has 1 aromatic heterocycles. The summed E-state index contributed by atoms with van der Waals surface area (Å²) in [5.74, 6) is 0.134. The normalized spacial score (nSPS) is 16.4. The van der Waals surface area contributed by atoms with Crippen LogP contribution in [0.5, 0.6) is 5.75 Å². The molecule has 0 unspecified atom stereocenters. The third-order valence-electron chi connectivity index (χ3n) is 4.65. The number of hydrogen-bond acceptors (Lipinski definition) is 4. The summed E-state index contributed by atoms with van der Waals surface area (Å²) in [5, 5.41) is 13.8. The number of phenolic OH excluding ortho intramolecular Hbond substituents is 1. The average molecular weight is 350 g/mol. The highest BCUT2D eigenvalue weighted by atomic mass is 32.1. The quantitative estimate of drug-likeness (QED) is 0.710. The number of amides is 1. The minimum Gasteiger partial charge on any atom is -0.508 e. The Kier molecular flexibility index (Phi) is 3.81. The maximum Gasteiger partial charge on any atom is 0.225 e. The van der Waals surface area contributed by atoms with Crippen LogP contribution in [0.2, 0.25) is 0 Å². The molecular weight excluding hydrogens is 332 g/mol. The van der Waals surface area contributed by atoms with Crippen molar-refractivity contribution in [3.8, 4) is 16.3 Å². The Morgan fingerprint density at radius 2 is 2.00 bits per heavy atom. The van der Waals surface area contributed by atoms with E-state index in [1.165, 1.54) is 5.56 Å². The first-order valence-corrected chi connectivity index (χ1v) is 8.99. The Labute approximate surface area is 150 Å². The van der Waals surface area contributed by atoms with Gasteiger partial charge in [-0.2, -0.15) is 0 Å². The zero-order valence-corrected chi connectivity index (χ0v) is 14.9. The molecular formula is C20H18N2O2S. The number of aryl methyl sites for hydroxylation is 2. The molecule has 1 amide bonds. The largest absolute Gasteiger partial charge is 0.508 e. The number of phenols is 1. The number of thiazole rings is 1. The molecule has 0 saturated carbocycles. The maximum atomic E-state index is 12.1. The summed E-state index contributed by atoms with van der Waals surface area (Å²) >= 11 is 1.63. The van der Waals surface area contributed by atoms with Gasteiger partial charge in [-0.1, -0.05) is 24.3 Å². The van der Waals surface area contributed by atoms with Crippen LogP contribution in [0.15, 0.2) is 42.6 Å². The van der Waals surface area contributed by atoms with Crippen LogP contribution in [0.1, 0.15) is 33.9 Å². The third kappa shape index (κ3) is 2.81. The van der Waals surface area contributed by atoms with Crippen LogP contribution in [0.4, 0.5) is 5.69 Å². The molecule has 3 aromatic rings. The molecule has 25 heavy (non-hydrogen) atoms. The van der Waals surface area contributed by atoms with Gasteiger partial charge in [-0.3, -0.25) is 4.79 Å². The lowest BCUT2D eigenvalue weighted by Crippen LogP contribution is -2.23. The van der Waals surface area contributed by atoms with Crippen molar-refractivity contribution in [2.24, 2.45) is 0 Å². The molecule has 1 aliphatic heterocycles. The van der Waals surface area contributed by atoms with Crippen LogP contribution in [-0.2, 0) is 4.79 Å². The van der Waals surface area contributed by atoms with E-state index >= 15 is 0 Å². The fraction of sp³-hybridized carbons (Fsp3) is 0.200. The summed E-state index contributed by atoms with van der Waals surface area (Å²) in [4.78, 5) is 17.8. The molecule has 4 rings (SSSR count). The molecule has 1 atom stereocenters. The Hall–Kier alpha value is -2.66. The van der Waals surface area contributed by atoms with Crippen LogP contribution < -0.4 is 5.32 Å². The number of aromatic nitrogens is 1. The standard InChI is InChI=1S/C20H18N2O2S/c1-11-5-3-4-6-13(11)20-21-10-18(25-20)15-8-19(24)22-16-9-17(23)12(2)7-14(15)16/h3-7,9-10,15,23H,8H2,1-2H3,(H,22,24)/t15-/m0/s1. The first kappa shape index (κ1) is 15.8. The topological polar surface area (TPSA) is 62.2 Å². The Morgan fingerprint density at radius 3 is 2.80 bits per heavy atom. The van der Waals surface area contributed by atoms with Gasteiger partial charge in [-0.15, -0.1) is 11.3 Å². The highest BCUT2D eigenvalue weighted by Crippen LogP contribution is 2.43. The molecule has 2 N–H and O–H groups in total. The Morgan fingerprint density at radius 1 is 1.20 bits per heavy atom. The molecule has 1 aliphatic rings. The van der Waals surface area contributed by atoms with Crippen molar-refractivity contribution in [1.29, 1.82) is 0 Å². The van der Waals surface area contributed by atoms with E-state index in [-0.39, 0.29) is 17.6 Å². The Bertz CT molecular complexity index is 978. The summed E-state index contributed by atoms with van der Waals surface area (Å²) in [6, 6.07) is 11.8. The molecule has 5 heteroatoms. The molecule has 0 spiro atoms. The van der Waals surface area contributed by atoms with Gasteiger partial charge in [0.25, 0.3) is 0 Å². The van der Waals surface area contributed by atoms with E-state index < -0.39 is 0 Å². The fourth-order valence-electron chi connectivity index (χ4n) is 3.25. The molecule has 0 saturated heterocycles. The van der Waals surface area contributed by atoms with Crippen molar-refractivity contribution in [2.45, 2.75) is 26.2 Å². The molecule has 2 heterocycles. The van der Waals surface area contributed by atoms with E-state index in [0.29, 0.717) is 12.1 Å². The van der Waals surface area contributed by atoms with Crippen LogP contribution in [-0.4, -0.2) is 16.0 Å². The number of anilines is 1. The van der Waals surface area contributed by atoms with Gasteiger partial charge < -0.3 is 10.4 Å². The number of nitrogens with zero attached hydrogens (tertiary/aromatic N) is 1. The van der Waals surface area contributed by atoms with E-state index in [0.717, 1.165) is 26.6 Å². The molecule has 0 bridgehead atoms. The van der Waals surface area contributed by atoms with Crippen molar-refractivity contribution in [3.05, 3.63) is 64.2 Å². The van der Waals surface area contributed by atoms with Gasteiger partial charge in [0.05, 0.1) is 0 Å². The number of aromatic hydroxyl groups is 1. The van der Waals surface area contributed by atoms with Gasteiger partial charge in [-0.05, 0) is 36.6 Å². The van der Waals surface area contributed by atoms with Crippen LogP contribution in [0.3, 0.4) is 0 Å². The van der Waals surface area contributed by atoms with Crippen molar-refractivity contribution in [2.75, 3.05) is 5.32 Å². The SMILES string of the molecule is Cc1cc2c(cc1O)NC(=O)C[C@@H]2c1cnc(-c2ccccc2C)s1. The smallest absolute Gasteiger partial charge is 0.225 e. The second-order valence-corrected chi connectivity index (χ2v) is 7.48. The number of hydrogen-bond donors (Lipinski definition) is 2. The average Bonchev–Trinajstić information content (AvgIpc) is 3.06. The molecule has 0 radical (unpaired) electrons. The first-order chi connectivity index (χ1) is 12.0. The highest BCUT2D eigenvalue weighted by molar-refractivity contribution is 7.15. The van der Waals surface area contributed by atoms with E-state index in [4.69, 9.17) is 0 Å². The molecule has 126 valence electrons. The van der Waals surface area contributed by atoms with Gasteiger partial charge in [0.1, 0.15) is 10.8 Å². The zero-order valence-electron chi connectivity index (χ0n) is 14.0. The van der Waals surface area contributed by atoms with Crippen LogP contribution in [0, 0.1) is 13.8 Å². The van der Waals surface area contributed by atoms with Gasteiger partial charge in [0.15, 0.2) is 0 Å². The van der Waals surface area contributed by atoms with Gasteiger partial charge in [0.2, 0.25) is 5.91 Å². The second kappa shape index (κ2) is 6.01. The summed E-state index contributed by atoms with van der Waals surface area (Å²) in [5.41, 5.74) is 4.85. The van der Waals surface area contributed by atoms with Crippen molar-refractivity contribution < 1.29 is 9.90 Å². The highest BCUT2D eigenvalue weighted by Gasteiger charge is 2.29. The predicted octanol–water partition coefficient (Wildman–Crippen LogP) is 4.61. The van der Waals surface area contributed by atoms with Crippen LogP contribution in [0.25, 0.3) is 10.6 Å². The number of fused-ring (bicyclic) bond motifs is 1. The molecule has 0 aliphatic carbocycles. The summed E-state index contributed by atoms with van der Waals surface area (Å²) in [6.45, 7) is 3.94. The zero-order chi connectivity index (χ0) is 17.6. The molecule has 2 aromatic carbocycles. The number of benzene rings is 2. The maximum absolute atomic E-state index is 12.1. The summed E-state index contributed by atoms with van der Waals surface area (Å²) in [6.07, 6.45) is 2.27. The van der Waals surface area contributed by atoms with E-state index in [9.17, 15) is 9.90 Å². The number of rotatable bonds is 2. The van der Waals surface area contributed by atoms with E-state index in [1.54, 1.807) is 17.4 Å². The minimum absolute atomic E-state index is 0.0293. The minimum atomic E-state index is -0.0356. The monoisotopic (exact) mass is 350 g/mol. The summed E-state index contributed by atoms with van der Waals surface area (Å²) < 4.78 is 0. The van der Waals surface area contributed by atoms with Gasteiger partial charge in [0, 0.05) is 40.7 Å². The lowest BCUT2D eigenvalue weighted by Gasteiger charge is -2.25. The third-order valence-corrected chi connectivity index (χ3v) is 5.79. The number of carbonyl (C=O) groups is 1. The lowest BCUT2D eigenvalue weighted by molar-refractivity contribution is -0.116. The van der Waals surface area contributed by atoms with Gasteiger partial charge >= 0.3 is 0 Å². The van der Waals surface area contributed by atoms with Gasteiger partial charge in [-0.25, -0.2) is 4.98 Å². The number of carbonyl (C=O) groups excluding carboxylic acids is 1. The van der Waals surface area contributed by atoms with Crippen molar-refractivity contribution in [1.82, 2.24) is 4.98 Å². The lowest BCUT2D eigenvalue weighted by atomic mass is 9.88. The van der Waals surface area contributed by atoms with Crippen molar-refractivity contribution in [3.63, 3.8) is 0 Å².